The highest BCUT2D eigenvalue weighted by Crippen LogP contribution is 2.19. The molecule has 29 heavy (non-hydrogen) atoms. The van der Waals surface area contributed by atoms with Crippen molar-refractivity contribution < 1.29 is 14.3 Å². The third kappa shape index (κ3) is 6.36. The molecule has 0 unspecified atom stereocenters. The normalized spacial score (nSPS) is 14.7. The summed E-state index contributed by atoms with van der Waals surface area (Å²) in [5, 5.41) is 2.86. The number of hydrogen-bond acceptors (Lipinski definition) is 5. The number of carbonyl (C=O) groups is 2. The number of carbonyl (C=O) groups excluding carboxylic acids is 2. The lowest BCUT2D eigenvalue weighted by atomic mass is 10.2. The van der Waals surface area contributed by atoms with Gasteiger partial charge >= 0.3 is 0 Å². The second-order valence-electron chi connectivity index (χ2n) is 6.98. The summed E-state index contributed by atoms with van der Waals surface area (Å²) in [6.07, 6.45) is 3.19. The minimum atomic E-state index is -0.526. The van der Waals surface area contributed by atoms with Gasteiger partial charge in [0.1, 0.15) is 5.75 Å². The molecule has 2 amide bonds. The summed E-state index contributed by atoms with van der Waals surface area (Å²) in [7, 11) is 2.13. The quantitative estimate of drug-likeness (QED) is 0.701. The molecule has 1 aliphatic rings. The van der Waals surface area contributed by atoms with Gasteiger partial charge in [-0.2, -0.15) is 0 Å². The van der Waals surface area contributed by atoms with Gasteiger partial charge in [0, 0.05) is 43.6 Å². The van der Waals surface area contributed by atoms with E-state index in [9.17, 15) is 9.59 Å². The van der Waals surface area contributed by atoms with Crippen LogP contribution in [0.4, 0.5) is 11.4 Å². The fraction of sp³-hybridized carbons (Fsp3) is 0.273. The fourth-order valence-corrected chi connectivity index (χ4v) is 3.01. The van der Waals surface area contributed by atoms with E-state index in [0.717, 1.165) is 37.4 Å². The minimum absolute atomic E-state index is 0.162. The van der Waals surface area contributed by atoms with Gasteiger partial charge in [-0.3, -0.25) is 9.59 Å². The highest BCUT2D eigenvalue weighted by atomic mass is 16.5. The summed E-state index contributed by atoms with van der Waals surface area (Å²) in [4.78, 5) is 27.5. The van der Waals surface area contributed by atoms with Gasteiger partial charge < -0.3 is 25.6 Å². The van der Waals surface area contributed by atoms with Gasteiger partial charge in [-0.15, -0.1) is 0 Å². The molecule has 1 saturated heterocycles. The van der Waals surface area contributed by atoms with Crippen LogP contribution in [0.15, 0.2) is 54.6 Å². The Labute approximate surface area is 170 Å². The van der Waals surface area contributed by atoms with Crippen LogP contribution in [-0.4, -0.2) is 56.5 Å². The van der Waals surface area contributed by atoms with Crippen LogP contribution < -0.4 is 20.7 Å². The molecule has 3 rings (SSSR count). The number of rotatable bonds is 7. The van der Waals surface area contributed by atoms with Crippen molar-refractivity contribution >= 4 is 29.3 Å². The van der Waals surface area contributed by atoms with Crippen LogP contribution in [-0.2, 0) is 9.59 Å². The molecule has 7 heteroatoms. The van der Waals surface area contributed by atoms with Crippen LogP contribution in [0.2, 0.25) is 0 Å². The van der Waals surface area contributed by atoms with Gasteiger partial charge in [0.15, 0.2) is 6.61 Å². The molecule has 0 radical (unpaired) electrons. The van der Waals surface area contributed by atoms with Crippen molar-refractivity contribution in [2.75, 3.05) is 50.1 Å². The number of nitrogens with zero attached hydrogens (tertiary/aromatic N) is 2. The molecule has 0 aliphatic carbocycles. The number of anilines is 2. The fourth-order valence-electron chi connectivity index (χ4n) is 3.01. The average molecular weight is 394 g/mol. The number of primary amides is 1. The highest BCUT2D eigenvalue weighted by molar-refractivity contribution is 6.02. The van der Waals surface area contributed by atoms with Crippen LogP contribution in [0, 0.1) is 0 Å². The standard InChI is InChI=1S/C22H26N4O3/c1-25-12-14-26(15-13-25)19-7-5-18(6-8-19)24-22(28)11-4-17-2-9-20(10-3-17)29-16-21(23)27/h2-11H,12-16H2,1H3,(H2,23,27)(H,24,28)/b11-4+. The number of likely N-dealkylation sites (N-methyl/N-ethyl adjacent to an activating group) is 1. The first-order valence-corrected chi connectivity index (χ1v) is 9.53. The Balaban J connectivity index is 1.50. The van der Waals surface area contributed by atoms with Crippen molar-refractivity contribution in [1.82, 2.24) is 4.90 Å². The van der Waals surface area contributed by atoms with Crippen molar-refractivity contribution in [2.24, 2.45) is 5.73 Å². The van der Waals surface area contributed by atoms with Crippen molar-refractivity contribution in [3.8, 4) is 5.75 Å². The van der Waals surface area contributed by atoms with Gasteiger partial charge in [0.2, 0.25) is 5.91 Å². The van der Waals surface area contributed by atoms with E-state index in [2.05, 4.69) is 22.2 Å². The van der Waals surface area contributed by atoms with E-state index in [1.54, 1.807) is 30.3 Å². The maximum Gasteiger partial charge on any atom is 0.255 e. The highest BCUT2D eigenvalue weighted by Gasteiger charge is 2.14. The summed E-state index contributed by atoms with van der Waals surface area (Å²) in [6, 6.07) is 14.9. The molecule has 2 aromatic carbocycles. The van der Waals surface area contributed by atoms with E-state index in [-0.39, 0.29) is 12.5 Å². The van der Waals surface area contributed by atoms with E-state index in [1.165, 1.54) is 11.8 Å². The van der Waals surface area contributed by atoms with Crippen LogP contribution in [0.3, 0.4) is 0 Å². The summed E-state index contributed by atoms with van der Waals surface area (Å²) in [5.74, 6) is -0.181. The lowest BCUT2D eigenvalue weighted by molar-refractivity contribution is -0.120. The van der Waals surface area contributed by atoms with Crippen LogP contribution >= 0.6 is 0 Å². The topological polar surface area (TPSA) is 87.9 Å². The zero-order valence-electron chi connectivity index (χ0n) is 16.5. The molecular formula is C22H26N4O3. The number of nitrogens with one attached hydrogen (secondary N) is 1. The SMILES string of the molecule is CN1CCN(c2ccc(NC(=O)/C=C/c3ccc(OCC(N)=O)cc3)cc2)CC1. The lowest BCUT2D eigenvalue weighted by Gasteiger charge is -2.34. The monoisotopic (exact) mass is 394 g/mol. The number of nitrogens with two attached hydrogens (primary N) is 1. The molecule has 7 nitrogen and oxygen atoms in total. The number of ether oxygens (including phenoxy) is 1. The van der Waals surface area contributed by atoms with E-state index < -0.39 is 5.91 Å². The molecule has 0 atom stereocenters. The first kappa shape index (κ1) is 20.4. The first-order chi connectivity index (χ1) is 14.0. The van der Waals surface area contributed by atoms with Gasteiger partial charge in [-0.05, 0) is 55.1 Å². The van der Waals surface area contributed by atoms with Gasteiger partial charge in [0.05, 0.1) is 0 Å². The second-order valence-corrected chi connectivity index (χ2v) is 6.98. The Morgan fingerprint density at radius 3 is 2.31 bits per heavy atom. The smallest absolute Gasteiger partial charge is 0.255 e. The number of piperazine rings is 1. The van der Waals surface area contributed by atoms with Gasteiger partial charge in [-0.1, -0.05) is 12.1 Å². The molecule has 152 valence electrons. The molecule has 0 aromatic heterocycles. The molecule has 0 spiro atoms. The molecule has 0 saturated carbocycles. The number of benzene rings is 2. The Bertz CT molecular complexity index is 855. The second kappa shape index (κ2) is 9.75. The Hall–Kier alpha value is -3.32. The zero-order valence-corrected chi connectivity index (χ0v) is 16.5. The predicted octanol–water partition coefficient (Wildman–Crippen LogP) is 1.95. The van der Waals surface area contributed by atoms with Crippen LogP contribution in [0.5, 0.6) is 5.75 Å². The average Bonchev–Trinajstić information content (AvgIpc) is 2.73. The van der Waals surface area contributed by atoms with Crippen LogP contribution in [0.1, 0.15) is 5.56 Å². The van der Waals surface area contributed by atoms with Gasteiger partial charge in [-0.25, -0.2) is 0 Å². The maximum absolute atomic E-state index is 12.2. The van der Waals surface area contributed by atoms with Crippen molar-refractivity contribution in [1.29, 1.82) is 0 Å². The van der Waals surface area contributed by atoms with Crippen molar-refractivity contribution in [3.05, 3.63) is 60.2 Å². The third-order valence-electron chi connectivity index (χ3n) is 4.69. The third-order valence-corrected chi connectivity index (χ3v) is 4.69. The molecule has 2 aromatic rings. The van der Waals surface area contributed by atoms with Crippen molar-refractivity contribution in [2.45, 2.75) is 0 Å². The molecule has 3 N–H and O–H groups in total. The number of hydrogen-bond donors (Lipinski definition) is 2. The summed E-state index contributed by atoms with van der Waals surface area (Å²) < 4.78 is 5.20. The zero-order chi connectivity index (χ0) is 20.6. The Morgan fingerprint density at radius 2 is 1.69 bits per heavy atom. The summed E-state index contributed by atoms with van der Waals surface area (Å²) in [6.45, 7) is 3.98. The number of amides is 2. The Kier molecular flexibility index (Phi) is 6.86. The van der Waals surface area contributed by atoms with E-state index in [4.69, 9.17) is 10.5 Å². The predicted molar refractivity (Wildman–Crippen MR) is 115 cm³/mol. The Morgan fingerprint density at radius 1 is 1.03 bits per heavy atom. The maximum atomic E-state index is 12.2. The molecule has 0 bridgehead atoms. The molecule has 1 fully saturated rings. The van der Waals surface area contributed by atoms with Gasteiger partial charge in [0.25, 0.3) is 5.91 Å². The van der Waals surface area contributed by atoms with E-state index in [0.29, 0.717) is 5.75 Å². The van der Waals surface area contributed by atoms with E-state index >= 15 is 0 Å². The molecular weight excluding hydrogens is 368 g/mol. The molecule has 1 aliphatic heterocycles. The largest absolute Gasteiger partial charge is 0.484 e. The van der Waals surface area contributed by atoms with Crippen molar-refractivity contribution in [3.63, 3.8) is 0 Å². The molecule has 1 heterocycles. The summed E-state index contributed by atoms with van der Waals surface area (Å²) >= 11 is 0. The first-order valence-electron chi connectivity index (χ1n) is 9.53. The lowest BCUT2D eigenvalue weighted by Crippen LogP contribution is -2.44. The van der Waals surface area contributed by atoms with E-state index in [1.807, 2.05) is 24.3 Å². The minimum Gasteiger partial charge on any atom is -0.484 e. The van der Waals surface area contributed by atoms with Crippen LogP contribution in [0.25, 0.3) is 6.08 Å². The summed E-state index contributed by atoms with van der Waals surface area (Å²) in [5.41, 5.74) is 7.82.